The molecule has 0 spiro atoms. The number of ether oxygens (including phenoxy) is 7. The predicted molar refractivity (Wildman–Crippen MR) is 214 cm³/mol. The zero-order valence-electron chi connectivity index (χ0n) is 34.0. The Kier molecular flexibility index (Phi) is 13.8. The van der Waals surface area contributed by atoms with Crippen LogP contribution in [0.1, 0.15) is 19.4 Å². The molecule has 352 valence electrons. The summed E-state index contributed by atoms with van der Waals surface area (Å²) in [4.78, 5) is 26.9. The van der Waals surface area contributed by atoms with Crippen LogP contribution in [-0.2, 0) is 28.5 Å². The first-order valence-electron chi connectivity index (χ1n) is 19.9. The Labute approximate surface area is 365 Å². The average Bonchev–Trinajstić information content (AvgIpc) is 3.26. The fourth-order valence-electron chi connectivity index (χ4n) is 7.23. The van der Waals surface area contributed by atoms with Crippen molar-refractivity contribution in [3.05, 3.63) is 70.4 Å². The molecule has 0 saturated carbocycles. The zero-order valence-corrected chi connectivity index (χ0v) is 34.0. The van der Waals surface area contributed by atoms with Crippen LogP contribution in [0.2, 0.25) is 0 Å². The Morgan fingerprint density at radius 3 is 1.92 bits per heavy atom. The molecule has 0 bridgehead atoms. The maximum Gasteiger partial charge on any atom is 0.330 e. The fourth-order valence-corrected chi connectivity index (χ4v) is 7.23. The third-order valence-electron chi connectivity index (χ3n) is 11.0. The second-order valence-electron chi connectivity index (χ2n) is 15.5. The lowest BCUT2D eigenvalue weighted by Crippen LogP contribution is -2.64. The third kappa shape index (κ3) is 9.62. The van der Waals surface area contributed by atoms with E-state index >= 15 is 0 Å². The van der Waals surface area contributed by atoms with Crippen molar-refractivity contribution >= 4 is 23.0 Å². The van der Waals surface area contributed by atoms with E-state index in [0.29, 0.717) is 5.56 Å². The molecule has 0 aliphatic carbocycles. The number of carbonyl (C=O) groups is 1. The highest BCUT2D eigenvalue weighted by molar-refractivity contribution is 5.89. The zero-order chi connectivity index (χ0) is 47.2. The van der Waals surface area contributed by atoms with E-state index in [1.807, 2.05) is 0 Å². The minimum Gasteiger partial charge on any atom is -0.507 e. The number of hydrogen-bond donors (Lipinski definition) is 13. The van der Waals surface area contributed by atoms with Gasteiger partial charge in [0, 0.05) is 23.8 Å². The molecule has 4 heterocycles. The summed E-state index contributed by atoms with van der Waals surface area (Å²) in [6.45, 7) is 1.98. The van der Waals surface area contributed by atoms with E-state index < -0.39 is 161 Å². The Morgan fingerprint density at radius 1 is 0.631 bits per heavy atom. The molecule has 3 fully saturated rings. The van der Waals surface area contributed by atoms with Crippen LogP contribution in [-0.4, -0.2) is 171 Å². The number of rotatable bonds is 11. The van der Waals surface area contributed by atoms with E-state index in [2.05, 4.69) is 0 Å². The van der Waals surface area contributed by atoms with Crippen molar-refractivity contribution in [1.29, 1.82) is 0 Å². The number of aromatic hydroxyl groups is 5. The maximum atomic E-state index is 14.4. The number of carbonyl (C=O) groups excluding carboxylic acids is 1. The molecule has 3 aliphatic heterocycles. The highest BCUT2D eigenvalue weighted by Crippen LogP contribution is 2.41. The van der Waals surface area contributed by atoms with Crippen LogP contribution in [0.15, 0.2) is 63.8 Å². The molecule has 23 nitrogen and oxygen atoms in total. The summed E-state index contributed by atoms with van der Waals surface area (Å²) in [5.74, 6) is -5.42. The van der Waals surface area contributed by atoms with Gasteiger partial charge in [0.25, 0.3) is 0 Å². The summed E-state index contributed by atoms with van der Waals surface area (Å²) in [7, 11) is 0. The molecular weight excluding hydrogens is 872 g/mol. The second-order valence-corrected chi connectivity index (χ2v) is 15.5. The van der Waals surface area contributed by atoms with E-state index in [-0.39, 0.29) is 11.3 Å². The molecule has 3 aromatic carbocycles. The van der Waals surface area contributed by atoms with Gasteiger partial charge in [0.15, 0.2) is 41.2 Å². The molecule has 65 heavy (non-hydrogen) atoms. The Balaban J connectivity index is 1.18. The molecule has 0 unspecified atom stereocenters. The SMILES string of the molecule is C[C@@H]1O[C@@H](Oc2cc(O)c3c(=O)c(O[C@@H]4O[C@@H](C)[C@H](O)[C@@H](O)[C@H]4O[C@@H]4O[C@H](COC(=O)C=Cc5ccc(O)c(O)c5)[C@@H](O)[C@H](O)[C@H]4O)c(-c4ccc(O)c(O)c4)oc3c2)[C@H](O)[C@H](O)[C@H]1O. The monoisotopic (exact) mass is 918 g/mol. The van der Waals surface area contributed by atoms with E-state index in [4.69, 9.17) is 37.6 Å². The van der Waals surface area contributed by atoms with E-state index in [0.717, 1.165) is 36.4 Å². The van der Waals surface area contributed by atoms with Crippen molar-refractivity contribution in [2.24, 2.45) is 0 Å². The molecule has 23 heteroatoms. The first kappa shape index (κ1) is 47.2. The largest absolute Gasteiger partial charge is 0.507 e. The molecule has 4 aromatic rings. The quantitative estimate of drug-likeness (QED) is 0.0462. The second kappa shape index (κ2) is 19.0. The molecule has 0 radical (unpaired) electrons. The van der Waals surface area contributed by atoms with Gasteiger partial charge in [-0.1, -0.05) is 6.07 Å². The third-order valence-corrected chi connectivity index (χ3v) is 11.0. The van der Waals surface area contributed by atoms with Crippen molar-refractivity contribution in [3.8, 4) is 51.6 Å². The summed E-state index contributed by atoms with van der Waals surface area (Å²) in [6.07, 6.45) is -23.7. The predicted octanol–water partition coefficient (Wildman–Crippen LogP) is -1.51. The summed E-state index contributed by atoms with van der Waals surface area (Å²) in [6, 6.07) is 8.97. The van der Waals surface area contributed by atoms with Gasteiger partial charge in [-0.2, -0.15) is 0 Å². The van der Waals surface area contributed by atoms with Crippen molar-refractivity contribution in [2.45, 2.75) is 106 Å². The first-order chi connectivity index (χ1) is 30.7. The van der Waals surface area contributed by atoms with Crippen molar-refractivity contribution < 1.29 is 109 Å². The topological polar surface area (TPSA) is 375 Å². The minimum absolute atomic E-state index is 0.129. The maximum absolute atomic E-state index is 14.4. The standard InChI is InChI=1S/C42H46O23/c1-14-28(49)32(53)35(56)40(59-14)61-18-11-23(47)27-24(12-18)62-37(17-5-7-20(44)22(46)10-17)38(31(27)52)64-42-39(34(55)29(50)15(2)60-42)65-41-36(57)33(54)30(51)25(63-41)13-58-26(48)8-4-16-3-6-19(43)21(45)9-16/h3-12,14-15,25,28-30,32-36,39-47,49-51,53-57H,13H2,1-2H3/t14-,15-,25+,28-,29-,30+,32+,33-,34+,35+,36+,39+,40-,41-,42-/m0/s1. The van der Waals surface area contributed by atoms with Crippen LogP contribution in [0.4, 0.5) is 0 Å². The van der Waals surface area contributed by atoms with Crippen LogP contribution >= 0.6 is 0 Å². The fraction of sp³-hybridized carbons (Fsp3) is 0.429. The Hall–Kier alpha value is -5.80. The molecule has 0 amide bonds. The molecule has 3 saturated heterocycles. The molecule has 13 N–H and O–H groups in total. The van der Waals surface area contributed by atoms with Gasteiger partial charge in [0.1, 0.15) is 84.0 Å². The summed E-state index contributed by atoms with van der Waals surface area (Å²) in [5, 5.41) is 136. The number of esters is 1. The lowest BCUT2D eigenvalue weighted by Gasteiger charge is -2.45. The number of aliphatic hydroxyl groups excluding tert-OH is 8. The molecule has 15 atom stereocenters. The normalized spacial score (nSPS) is 32.9. The van der Waals surface area contributed by atoms with Crippen LogP contribution in [0.25, 0.3) is 28.4 Å². The van der Waals surface area contributed by atoms with E-state index in [1.165, 1.54) is 38.1 Å². The number of aliphatic hydroxyl groups is 8. The van der Waals surface area contributed by atoms with Crippen molar-refractivity contribution in [1.82, 2.24) is 0 Å². The van der Waals surface area contributed by atoms with Gasteiger partial charge >= 0.3 is 5.97 Å². The summed E-state index contributed by atoms with van der Waals surface area (Å²) >= 11 is 0. The van der Waals surface area contributed by atoms with Crippen LogP contribution in [0.3, 0.4) is 0 Å². The Morgan fingerprint density at radius 2 is 1.25 bits per heavy atom. The highest BCUT2D eigenvalue weighted by atomic mass is 16.8. The van der Waals surface area contributed by atoms with Crippen LogP contribution in [0, 0.1) is 0 Å². The van der Waals surface area contributed by atoms with Gasteiger partial charge in [-0.3, -0.25) is 4.79 Å². The van der Waals surface area contributed by atoms with Gasteiger partial charge in [-0.05, 0) is 55.8 Å². The summed E-state index contributed by atoms with van der Waals surface area (Å²) in [5.41, 5.74) is -1.35. The van der Waals surface area contributed by atoms with Gasteiger partial charge in [0.05, 0.1) is 12.2 Å². The molecular formula is C42H46O23. The van der Waals surface area contributed by atoms with Gasteiger partial charge in [-0.15, -0.1) is 0 Å². The smallest absolute Gasteiger partial charge is 0.330 e. The number of hydrogen-bond acceptors (Lipinski definition) is 23. The summed E-state index contributed by atoms with van der Waals surface area (Å²) < 4.78 is 45.7. The minimum atomic E-state index is -2.07. The lowest BCUT2D eigenvalue weighted by atomic mass is 9.97. The van der Waals surface area contributed by atoms with Gasteiger partial charge in [-0.25, -0.2) is 4.79 Å². The van der Waals surface area contributed by atoms with Gasteiger partial charge < -0.3 is 104 Å². The van der Waals surface area contributed by atoms with E-state index in [9.17, 15) is 76.0 Å². The van der Waals surface area contributed by atoms with Gasteiger partial charge in [0.2, 0.25) is 23.8 Å². The lowest BCUT2D eigenvalue weighted by molar-refractivity contribution is -0.355. The number of fused-ring (bicyclic) bond motifs is 1. The average molecular weight is 919 g/mol. The molecule has 7 rings (SSSR count). The first-order valence-corrected chi connectivity index (χ1v) is 19.9. The molecule has 3 aliphatic rings. The van der Waals surface area contributed by atoms with Crippen molar-refractivity contribution in [3.63, 3.8) is 0 Å². The number of phenols is 5. The number of benzene rings is 3. The van der Waals surface area contributed by atoms with Crippen LogP contribution < -0.4 is 14.9 Å². The highest BCUT2D eigenvalue weighted by Gasteiger charge is 2.51. The Bertz CT molecular complexity index is 2460. The van der Waals surface area contributed by atoms with E-state index in [1.54, 1.807) is 0 Å². The number of phenolic OH excluding ortho intramolecular Hbond substituents is 5. The molecule has 1 aromatic heterocycles. The van der Waals surface area contributed by atoms with Crippen molar-refractivity contribution in [2.75, 3.05) is 6.61 Å². The van der Waals surface area contributed by atoms with Crippen LogP contribution in [0.5, 0.6) is 40.2 Å².